The molecule has 1 aromatic rings. The molecule has 1 fully saturated rings. The predicted molar refractivity (Wildman–Crippen MR) is 58.5 cm³/mol. The van der Waals surface area contributed by atoms with Crippen molar-refractivity contribution in [3.8, 4) is 0 Å². The van der Waals surface area contributed by atoms with E-state index in [4.69, 9.17) is 4.74 Å². The van der Waals surface area contributed by atoms with E-state index < -0.39 is 10.0 Å². The van der Waals surface area contributed by atoms with Gasteiger partial charge in [-0.15, -0.1) is 11.3 Å². The molecule has 84 valence electrons. The number of nitrogens with zero attached hydrogens (tertiary/aromatic N) is 1. The average Bonchev–Trinajstić information content (AvgIpc) is 2.71. The largest absolute Gasteiger partial charge is 0.378 e. The third kappa shape index (κ3) is 2.08. The van der Waals surface area contributed by atoms with Crippen LogP contribution in [0.15, 0.2) is 21.7 Å². The summed E-state index contributed by atoms with van der Waals surface area (Å²) in [5, 5.41) is 1.78. The smallest absolute Gasteiger partial charge is 0.252 e. The van der Waals surface area contributed by atoms with Gasteiger partial charge in [0.05, 0.1) is 13.2 Å². The molecule has 0 saturated carbocycles. The summed E-state index contributed by atoms with van der Waals surface area (Å²) >= 11 is 1.26. The van der Waals surface area contributed by atoms with Crippen molar-refractivity contribution >= 4 is 21.4 Å². The summed E-state index contributed by atoms with van der Waals surface area (Å²) in [7, 11) is -3.30. The second-order valence-corrected chi connectivity index (χ2v) is 6.54. The number of hydrogen-bond donors (Lipinski definition) is 0. The molecule has 0 spiro atoms. The van der Waals surface area contributed by atoms with Gasteiger partial charge in [-0.2, -0.15) is 4.31 Å². The van der Waals surface area contributed by atoms with Crippen molar-refractivity contribution in [2.45, 2.75) is 17.2 Å². The van der Waals surface area contributed by atoms with Gasteiger partial charge < -0.3 is 4.74 Å². The van der Waals surface area contributed by atoms with Crippen molar-refractivity contribution in [3.05, 3.63) is 17.5 Å². The van der Waals surface area contributed by atoms with Crippen molar-refractivity contribution in [2.75, 3.05) is 19.8 Å². The molecule has 1 aliphatic rings. The highest BCUT2D eigenvalue weighted by Gasteiger charge is 2.31. The molecule has 0 N–H and O–H groups in total. The molecule has 0 radical (unpaired) electrons. The van der Waals surface area contributed by atoms with E-state index in [0.717, 1.165) is 0 Å². The molecule has 15 heavy (non-hydrogen) atoms. The van der Waals surface area contributed by atoms with Gasteiger partial charge in [0.2, 0.25) is 0 Å². The normalized spacial score (nSPS) is 24.2. The van der Waals surface area contributed by atoms with Gasteiger partial charge in [-0.05, 0) is 18.4 Å². The predicted octanol–water partition coefficient (Wildman–Crippen LogP) is 1.16. The Kier molecular flexibility index (Phi) is 3.11. The van der Waals surface area contributed by atoms with E-state index >= 15 is 0 Å². The van der Waals surface area contributed by atoms with E-state index in [-0.39, 0.29) is 6.04 Å². The first-order chi connectivity index (χ1) is 7.12. The Morgan fingerprint density at radius 1 is 1.60 bits per heavy atom. The molecular weight excluding hydrogens is 234 g/mol. The van der Waals surface area contributed by atoms with Crippen molar-refractivity contribution in [1.82, 2.24) is 4.31 Å². The molecule has 6 heteroatoms. The van der Waals surface area contributed by atoms with Crippen molar-refractivity contribution in [2.24, 2.45) is 0 Å². The van der Waals surface area contributed by atoms with Crippen LogP contribution in [0.2, 0.25) is 0 Å². The molecule has 1 unspecified atom stereocenters. The highest BCUT2D eigenvalue weighted by atomic mass is 32.2. The van der Waals surface area contributed by atoms with E-state index in [1.54, 1.807) is 17.5 Å². The maximum atomic E-state index is 12.1. The van der Waals surface area contributed by atoms with Gasteiger partial charge >= 0.3 is 0 Å². The van der Waals surface area contributed by atoms with Crippen molar-refractivity contribution in [1.29, 1.82) is 0 Å². The monoisotopic (exact) mass is 247 g/mol. The van der Waals surface area contributed by atoms with Crippen LogP contribution in [0.4, 0.5) is 0 Å². The minimum Gasteiger partial charge on any atom is -0.378 e. The highest BCUT2D eigenvalue weighted by molar-refractivity contribution is 7.91. The molecule has 2 rings (SSSR count). The molecule has 1 aliphatic heterocycles. The number of thiophene rings is 1. The van der Waals surface area contributed by atoms with Gasteiger partial charge in [0.1, 0.15) is 4.21 Å². The summed E-state index contributed by atoms with van der Waals surface area (Å²) in [5.74, 6) is 0. The molecular formula is C9H13NO3S2. The zero-order valence-electron chi connectivity index (χ0n) is 8.42. The maximum Gasteiger partial charge on any atom is 0.252 e. The summed E-state index contributed by atoms with van der Waals surface area (Å²) in [5.41, 5.74) is 0. The van der Waals surface area contributed by atoms with Gasteiger partial charge in [-0.25, -0.2) is 8.42 Å². The fraction of sp³-hybridized carbons (Fsp3) is 0.556. The van der Waals surface area contributed by atoms with Crippen LogP contribution in [0.5, 0.6) is 0 Å². The van der Waals surface area contributed by atoms with Gasteiger partial charge in [0.15, 0.2) is 0 Å². The Morgan fingerprint density at radius 2 is 2.40 bits per heavy atom. The molecule has 0 amide bonds. The Balaban J connectivity index is 2.29. The SMILES string of the molecule is CC1COCCN1S(=O)(=O)c1cccs1. The van der Waals surface area contributed by atoms with Crippen LogP contribution < -0.4 is 0 Å². The summed E-state index contributed by atoms with van der Waals surface area (Å²) < 4.78 is 31.4. The summed E-state index contributed by atoms with van der Waals surface area (Å²) in [6, 6.07) is 3.32. The van der Waals surface area contributed by atoms with Crippen molar-refractivity contribution < 1.29 is 13.2 Å². The molecule has 0 aromatic carbocycles. The van der Waals surface area contributed by atoms with Crippen LogP contribution in [0.1, 0.15) is 6.92 Å². The average molecular weight is 247 g/mol. The minimum atomic E-state index is -3.30. The van der Waals surface area contributed by atoms with E-state index in [2.05, 4.69) is 0 Å². The summed E-state index contributed by atoms with van der Waals surface area (Å²) in [4.78, 5) is 0. The molecule has 1 saturated heterocycles. The number of ether oxygens (including phenoxy) is 1. The van der Waals surface area contributed by atoms with Gasteiger partial charge in [0.25, 0.3) is 10.0 Å². The Morgan fingerprint density at radius 3 is 3.00 bits per heavy atom. The van der Waals surface area contributed by atoms with Gasteiger partial charge in [-0.3, -0.25) is 0 Å². The standard InChI is InChI=1S/C9H13NO3S2/c1-8-7-13-5-4-10(8)15(11,12)9-3-2-6-14-9/h2-3,6,8H,4-5,7H2,1H3. The Hall–Kier alpha value is -0.430. The van der Waals surface area contributed by atoms with E-state index in [0.29, 0.717) is 24.0 Å². The lowest BCUT2D eigenvalue weighted by atomic mass is 10.3. The second-order valence-electron chi connectivity index (χ2n) is 3.47. The van der Waals surface area contributed by atoms with Crippen LogP contribution in [-0.4, -0.2) is 38.5 Å². The fourth-order valence-electron chi connectivity index (χ4n) is 1.59. The first-order valence-corrected chi connectivity index (χ1v) is 7.07. The van der Waals surface area contributed by atoms with Crippen LogP contribution >= 0.6 is 11.3 Å². The van der Waals surface area contributed by atoms with Crippen molar-refractivity contribution in [3.63, 3.8) is 0 Å². The molecule has 4 nitrogen and oxygen atoms in total. The van der Waals surface area contributed by atoms with Crippen LogP contribution in [-0.2, 0) is 14.8 Å². The summed E-state index contributed by atoms with van der Waals surface area (Å²) in [6.07, 6.45) is 0. The first kappa shape index (κ1) is 11.1. The lowest BCUT2D eigenvalue weighted by Gasteiger charge is -2.31. The topological polar surface area (TPSA) is 46.6 Å². The summed E-state index contributed by atoms with van der Waals surface area (Å²) in [6.45, 7) is 3.27. The Bertz CT molecular complexity index is 413. The second kappa shape index (κ2) is 4.21. The third-order valence-corrected chi connectivity index (χ3v) is 5.75. The van der Waals surface area contributed by atoms with Crippen LogP contribution in [0, 0.1) is 0 Å². The fourth-order valence-corrected chi connectivity index (χ4v) is 4.31. The van der Waals surface area contributed by atoms with Crippen LogP contribution in [0.25, 0.3) is 0 Å². The van der Waals surface area contributed by atoms with E-state index in [1.165, 1.54) is 15.6 Å². The third-order valence-electron chi connectivity index (χ3n) is 2.36. The first-order valence-electron chi connectivity index (χ1n) is 4.75. The molecule has 0 bridgehead atoms. The lowest BCUT2D eigenvalue weighted by Crippen LogP contribution is -2.46. The van der Waals surface area contributed by atoms with Gasteiger partial charge in [-0.1, -0.05) is 6.07 Å². The minimum absolute atomic E-state index is 0.0779. The number of sulfonamides is 1. The molecule has 2 heterocycles. The quantitative estimate of drug-likeness (QED) is 0.788. The number of morpholine rings is 1. The Labute approximate surface area is 93.5 Å². The lowest BCUT2D eigenvalue weighted by molar-refractivity contribution is 0.0393. The molecule has 1 aromatic heterocycles. The van der Waals surface area contributed by atoms with E-state index in [1.807, 2.05) is 6.92 Å². The zero-order chi connectivity index (χ0) is 10.9. The molecule has 0 aliphatic carbocycles. The number of rotatable bonds is 2. The van der Waals surface area contributed by atoms with E-state index in [9.17, 15) is 8.42 Å². The highest BCUT2D eigenvalue weighted by Crippen LogP contribution is 2.23. The molecule has 1 atom stereocenters. The number of hydrogen-bond acceptors (Lipinski definition) is 4. The maximum absolute atomic E-state index is 12.1. The van der Waals surface area contributed by atoms with Crippen LogP contribution in [0.3, 0.4) is 0 Å². The van der Waals surface area contributed by atoms with Gasteiger partial charge in [0, 0.05) is 12.6 Å². The zero-order valence-corrected chi connectivity index (χ0v) is 10.1.